The Labute approximate surface area is 174 Å². The van der Waals surface area contributed by atoms with E-state index in [-0.39, 0.29) is 17.4 Å². The maximum absolute atomic E-state index is 13.5. The van der Waals surface area contributed by atoms with Crippen molar-refractivity contribution in [3.05, 3.63) is 35.4 Å². The van der Waals surface area contributed by atoms with E-state index in [2.05, 4.69) is 62.2 Å². The third kappa shape index (κ3) is 4.20. The first-order chi connectivity index (χ1) is 13.7. The number of hydrogen-bond donors (Lipinski definition) is 1. The van der Waals surface area contributed by atoms with Gasteiger partial charge in [0.25, 0.3) is 5.91 Å². The Morgan fingerprint density at radius 1 is 1.10 bits per heavy atom. The molecule has 5 nitrogen and oxygen atoms in total. The van der Waals surface area contributed by atoms with Crippen molar-refractivity contribution in [2.75, 3.05) is 6.67 Å². The van der Waals surface area contributed by atoms with E-state index in [0.29, 0.717) is 18.6 Å². The Kier molecular flexibility index (Phi) is 5.22. The lowest BCUT2D eigenvalue weighted by molar-refractivity contribution is -0.136. The summed E-state index contributed by atoms with van der Waals surface area (Å²) < 4.78 is 0. The van der Waals surface area contributed by atoms with Crippen LogP contribution in [0.4, 0.5) is 4.79 Å². The van der Waals surface area contributed by atoms with Gasteiger partial charge in [0.05, 0.1) is 6.67 Å². The smallest absolute Gasteiger partial charge is 0.323 e. The first-order valence-corrected chi connectivity index (χ1v) is 11.2. The zero-order valence-corrected chi connectivity index (χ0v) is 18.3. The van der Waals surface area contributed by atoms with Gasteiger partial charge in [-0.15, -0.1) is 0 Å². The van der Waals surface area contributed by atoms with Crippen molar-refractivity contribution in [2.24, 2.45) is 11.3 Å². The second-order valence-corrected chi connectivity index (χ2v) is 10.4. The second kappa shape index (κ2) is 7.42. The molecule has 29 heavy (non-hydrogen) atoms. The number of amides is 3. The van der Waals surface area contributed by atoms with Gasteiger partial charge in [-0.1, -0.05) is 52.0 Å². The van der Waals surface area contributed by atoms with Crippen LogP contribution in [-0.4, -0.2) is 40.0 Å². The summed E-state index contributed by atoms with van der Waals surface area (Å²) in [5.41, 5.74) is 1.92. The van der Waals surface area contributed by atoms with Crippen LogP contribution >= 0.6 is 0 Å². The maximum atomic E-state index is 13.5. The lowest BCUT2D eigenvalue weighted by Gasteiger charge is -2.44. The van der Waals surface area contributed by atoms with Crippen LogP contribution in [-0.2, 0) is 17.8 Å². The molecule has 1 heterocycles. The summed E-state index contributed by atoms with van der Waals surface area (Å²) in [5, 5.41) is 3.11. The van der Waals surface area contributed by atoms with E-state index in [0.717, 1.165) is 45.1 Å². The second-order valence-electron chi connectivity index (χ2n) is 10.4. The number of carbonyl (C=O) groups is 2. The predicted octanol–water partition coefficient (Wildman–Crippen LogP) is 4.31. The summed E-state index contributed by atoms with van der Waals surface area (Å²) in [6, 6.07) is 8.95. The van der Waals surface area contributed by atoms with Crippen LogP contribution in [0.25, 0.3) is 0 Å². The first-order valence-electron chi connectivity index (χ1n) is 11.2. The molecule has 0 bridgehead atoms. The monoisotopic (exact) mass is 397 g/mol. The van der Waals surface area contributed by atoms with Gasteiger partial charge < -0.3 is 5.32 Å². The zero-order valence-electron chi connectivity index (χ0n) is 18.3. The van der Waals surface area contributed by atoms with Gasteiger partial charge in [-0.2, -0.15) is 0 Å². The largest absolute Gasteiger partial charge is 0.326 e. The minimum atomic E-state index is -0.712. The Morgan fingerprint density at radius 2 is 1.76 bits per heavy atom. The number of aryl methyl sites for hydroxylation is 1. The summed E-state index contributed by atoms with van der Waals surface area (Å²) in [6.07, 6.45) is 5.90. The molecule has 5 heteroatoms. The van der Waals surface area contributed by atoms with Crippen LogP contribution in [0.2, 0.25) is 0 Å². The molecule has 1 aromatic rings. The molecule has 2 atom stereocenters. The average Bonchev–Trinajstić information content (AvgIpc) is 3.45. The van der Waals surface area contributed by atoms with Gasteiger partial charge in [0.2, 0.25) is 0 Å². The van der Waals surface area contributed by atoms with Crippen molar-refractivity contribution in [1.82, 2.24) is 15.1 Å². The minimum Gasteiger partial charge on any atom is -0.323 e. The molecular weight excluding hydrogens is 362 g/mol. The summed E-state index contributed by atoms with van der Waals surface area (Å²) in [7, 11) is 0. The number of benzene rings is 1. The molecule has 158 valence electrons. The average molecular weight is 398 g/mol. The van der Waals surface area contributed by atoms with E-state index in [4.69, 9.17) is 0 Å². The molecule has 4 rings (SSSR count). The molecule has 1 aliphatic heterocycles. The number of rotatable bonds is 6. The minimum absolute atomic E-state index is 0.0193. The molecule has 0 aromatic heterocycles. The van der Waals surface area contributed by atoms with Gasteiger partial charge in [0.15, 0.2) is 0 Å². The highest BCUT2D eigenvalue weighted by molar-refractivity contribution is 6.07. The molecule has 1 aromatic carbocycles. The fourth-order valence-electron chi connectivity index (χ4n) is 5.67. The number of nitrogens with one attached hydrogen (secondary N) is 1. The van der Waals surface area contributed by atoms with Crippen LogP contribution in [0.3, 0.4) is 0 Å². The molecule has 1 saturated heterocycles. The highest BCUT2D eigenvalue weighted by Crippen LogP contribution is 2.46. The van der Waals surface area contributed by atoms with Crippen LogP contribution in [0.5, 0.6) is 0 Å². The van der Waals surface area contributed by atoms with Crippen molar-refractivity contribution in [3.8, 4) is 0 Å². The van der Waals surface area contributed by atoms with Gasteiger partial charge in [-0.05, 0) is 61.0 Å². The fraction of sp³-hybridized carbons (Fsp3) is 0.667. The number of hydrogen-bond acceptors (Lipinski definition) is 3. The molecule has 1 spiro atoms. The standard InChI is InChI=1S/C24H35N3O2/c1-5-18-6-8-19(9-7-18)14-26(20-10-11-20)16-27-21(28)24(25-22(27)29)13-17(2)12-23(3,4)15-24/h6-9,17,20H,5,10-16H2,1-4H3,(H,25,29). The molecule has 1 N–H and O–H groups in total. The highest BCUT2D eigenvalue weighted by Gasteiger charge is 2.56. The van der Waals surface area contributed by atoms with Crippen LogP contribution in [0.15, 0.2) is 24.3 Å². The Morgan fingerprint density at radius 3 is 2.34 bits per heavy atom. The zero-order chi connectivity index (χ0) is 20.8. The van der Waals surface area contributed by atoms with Gasteiger partial charge in [0, 0.05) is 12.6 Å². The molecule has 3 fully saturated rings. The lowest BCUT2D eigenvalue weighted by atomic mass is 9.64. The summed E-state index contributed by atoms with van der Waals surface area (Å²) in [6.45, 7) is 9.95. The highest BCUT2D eigenvalue weighted by atomic mass is 16.2. The number of urea groups is 1. The summed E-state index contributed by atoms with van der Waals surface area (Å²) in [4.78, 5) is 30.1. The molecule has 0 radical (unpaired) electrons. The van der Waals surface area contributed by atoms with Crippen LogP contribution < -0.4 is 5.32 Å². The van der Waals surface area contributed by atoms with E-state index in [1.165, 1.54) is 16.0 Å². The van der Waals surface area contributed by atoms with Crippen molar-refractivity contribution < 1.29 is 9.59 Å². The first kappa shape index (κ1) is 20.4. The molecule has 2 aliphatic carbocycles. The van der Waals surface area contributed by atoms with Crippen molar-refractivity contribution in [3.63, 3.8) is 0 Å². The van der Waals surface area contributed by atoms with E-state index in [1.54, 1.807) is 0 Å². The third-order valence-corrected chi connectivity index (χ3v) is 6.83. The van der Waals surface area contributed by atoms with Crippen molar-refractivity contribution in [2.45, 2.75) is 84.3 Å². The van der Waals surface area contributed by atoms with Gasteiger partial charge in [-0.3, -0.25) is 9.69 Å². The predicted molar refractivity (Wildman–Crippen MR) is 114 cm³/mol. The van der Waals surface area contributed by atoms with E-state index < -0.39 is 5.54 Å². The Balaban J connectivity index is 1.49. The van der Waals surface area contributed by atoms with Crippen molar-refractivity contribution in [1.29, 1.82) is 0 Å². The Bertz CT molecular complexity index is 784. The Hall–Kier alpha value is -1.88. The maximum Gasteiger partial charge on any atom is 0.326 e. The van der Waals surface area contributed by atoms with Crippen molar-refractivity contribution >= 4 is 11.9 Å². The van der Waals surface area contributed by atoms with Gasteiger partial charge >= 0.3 is 6.03 Å². The fourth-order valence-corrected chi connectivity index (χ4v) is 5.67. The lowest BCUT2D eigenvalue weighted by Crippen LogP contribution is -2.54. The number of carbonyl (C=O) groups excluding carboxylic acids is 2. The molecule has 2 saturated carbocycles. The molecule has 3 amide bonds. The quantitative estimate of drug-likeness (QED) is 0.728. The van der Waals surface area contributed by atoms with Crippen LogP contribution in [0.1, 0.15) is 70.9 Å². The van der Waals surface area contributed by atoms with E-state index in [9.17, 15) is 9.59 Å². The summed E-state index contributed by atoms with van der Waals surface area (Å²) >= 11 is 0. The summed E-state index contributed by atoms with van der Waals surface area (Å²) in [5.74, 6) is 0.411. The third-order valence-electron chi connectivity index (χ3n) is 6.83. The topological polar surface area (TPSA) is 52.6 Å². The van der Waals surface area contributed by atoms with Gasteiger partial charge in [0.1, 0.15) is 5.54 Å². The SMILES string of the molecule is CCc1ccc(CN(CN2C(=O)NC3(CC(C)CC(C)(C)C3)C2=O)C2CC2)cc1. The van der Waals surface area contributed by atoms with Gasteiger partial charge in [-0.25, -0.2) is 9.69 Å². The molecule has 2 unspecified atom stereocenters. The number of nitrogens with zero attached hydrogens (tertiary/aromatic N) is 2. The molecular formula is C24H35N3O2. The van der Waals surface area contributed by atoms with E-state index >= 15 is 0 Å². The normalized spacial score (nSPS) is 29.0. The van der Waals surface area contributed by atoms with Crippen LogP contribution in [0, 0.1) is 11.3 Å². The molecule has 3 aliphatic rings. The van der Waals surface area contributed by atoms with E-state index in [1.807, 2.05) is 0 Å². The number of imide groups is 1.